The Hall–Kier alpha value is -1.94. The second kappa shape index (κ2) is 53.8. The average molecular weight is 1190 g/mol. The molecule has 0 radical (unpaired) electrons. The molecule has 2 unspecified atom stereocenters. The summed E-state index contributed by atoms with van der Waals surface area (Å²) in [5.74, 6) is -0.674. The van der Waals surface area contributed by atoms with Gasteiger partial charge in [0.15, 0.2) is 12.2 Å². The summed E-state index contributed by atoms with van der Waals surface area (Å²) in [4.78, 5) is 71.9. The molecule has 0 aliphatic carbocycles. The number of aliphatic hydroxyl groups excluding tert-OH is 1. The van der Waals surface area contributed by atoms with Crippen molar-refractivity contribution >= 4 is 39.5 Å². The Balaban J connectivity index is 5.21. The second-order valence-corrected chi connectivity index (χ2v) is 25.9. The number of phosphoric ester groups is 2. The number of aliphatic hydroxyl groups is 1. The second-order valence-electron chi connectivity index (χ2n) is 23.0. The number of hydrogen-bond donors (Lipinski definition) is 3. The summed E-state index contributed by atoms with van der Waals surface area (Å²) in [5.41, 5.74) is 0. The van der Waals surface area contributed by atoms with Gasteiger partial charge in [0, 0.05) is 25.7 Å². The van der Waals surface area contributed by atoms with Crippen LogP contribution < -0.4 is 0 Å². The van der Waals surface area contributed by atoms with E-state index in [-0.39, 0.29) is 25.7 Å². The van der Waals surface area contributed by atoms with Gasteiger partial charge in [-0.25, -0.2) is 9.13 Å². The van der Waals surface area contributed by atoms with E-state index in [4.69, 9.17) is 37.0 Å². The molecular formula is C61H118O17P2. The number of rotatable bonds is 60. The van der Waals surface area contributed by atoms with Gasteiger partial charge in [-0.15, -0.1) is 0 Å². The number of esters is 4. The van der Waals surface area contributed by atoms with Gasteiger partial charge in [0.05, 0.1) is 26.4 Å². The van der Waals surface area contributed by atoms with Crippen molar-refractivity contribution in [2.45, 2.75) is 317 Å². The third-order valence-electron chi connectivity index (χ3n) is 14.0. The molecule has 0 saturated heterocycles. The lowest BCUT2D eigenvalue weighted by Crippen LogP contribution is -2.30. The fraction of sp³-hybridized carbons (Fsp3) is 0.934. The van der Waals surface area contributed by atoms with E-state index >= 15 is 0 Å². The summed E-state index contributed by atoms with van der Waals surface area (Å²) in [7, 11) is -9.87. The molecule has 0 bridgehead atoms. The smallest absolute Gasteiger partial charge is 0.462 e. The maximum absolute atomic E-state index is 12.9. The molecule has 0 aliphatic rings. The topological polar surface area (TPSA) is 237 Å². The van der Waals surface area contributed by atoms with Crippen LogP contribution in [0.5, 0.6) is 0 Å². The molecule has 19 heteroatoms. The van der Waals surface area contributed by atoms with Gasteiger partial charge in [-0.05, 0) is 37.5 Å². The highest BCUT2D eigenvalue weighted by Crippen LogP contribution is 2.45. The molecule has 474 valence electrons. The Morgan fingerprint density at radius 2 is 0.575 bits per heavy atom. The molecule has 0 aromatic heterocycles. The van der Waals surface area contributed by atoms with Crippen LogP contribution in [-0.2, 0) is 65.4 Å². The Labute approximate surface area is 486 Å². The molecule has 0 saturated carbocycles. The molecule has 0 aromatic rings. The summed E-state index contributed by atoms with van der Waals surface area (Å²) >= 11 is 0. The van der Waals surface area contributed by atoms with Crippen molar-refractivity contribution in [2.75, 3.05) is 39.6 Å². The highest BCUT2D eigenvalue weighted by molar-refractivity contribution is 7.47. The van der Waals surface area contributed by atoms with E-state index in [1.807, 2.05) is 0 Å². The highest BCUT2D eigenvalue weighted by Gasteiger charge is 2.30. The molecule has 17 nitrogen and oxygen atoms in total. The highest BCUT2D eigenvalue weighted by atomic mass is 31.2. The van der Waals surface area contributed by atoms with E-state index in [1.54, 1.807) is 0 Å². The lowest BCUT2D eigenvalue weighted by molar-refractivity contribution is -0.161. The molecule has 0 aliphatic heterocycles. The van der Waals surface area contributed by atoms with E-state index in [1.165, 1.54) is 96.3 Å². The van der Waals surface area contributed by atoms with Crippen LogP contribution in [-0.4, -0.2) is 96.7 Å². The van der Waals surface area contributed by atoms with Gasteiger partial charge in [-0.1, -0.05) is 247 Å². The van der Waals surface area contributed by atoms with Gasteiger partial charge in [-0.2, -0.15) is 0 Å². The third-order valence-corrected chi connectivity index (χ3v) is 15.9. The minimum absolute atomic E-state index is 0.105. The first-order valence-electron chi connectivity index (χ1n) is 32.0. The Bertz CT molecular complexity index is 1580. The third kappa shape index (κ3) is 55.3. The summed E-state index contributed by atoms with van der Waals surface area (Å²) < 4.78 is 67.7. The van der Waals surface area contributed by atoms with Crippen LogP contribution in [0.25, 0.3) is 0 Å². The molecule has 0 rings (SSSR count). The molecule has 0 aromatic carbocycles. The number of phosphoric acid groups is 2. The molecule has 0 heterocycles. The fourth-order valence-corrected chi connectivity index (χ4v) is 10.6. The largest absolute Gasteiger partial charge is 0.472 e. The van der Waals surface area contributed by atoms with Crippen molar-refractivity contribution in [2.24, 2.45) is 11.8 Å². The van der Waals surface area contributed by atoms with E-state index in [2.05, 4.69) is 41.5 Å². The predicted octanol–water partition coefficient (Wildman–Crippen LogP) is 16.5. The maximum Gasteiger partial charge on any atom is 0.472 e. The van der Waals surface area contributed by atoms with Crippen LogP contribution in [0, 0.1) is 11.8 Å². The first kappa shape index (κ1) is 78.1. The molecule has 0 spiro atoms. The minimum Gasteiger partial charge on any atom is -0.462 e. The molecule has 3 N–H and O–H groups in total. The van der Waals surface area contributed by atoms with E-state index in [0.717, 1.165) is 115 Å². The van der Waals surface area contributed by atoms with Crippen molar-refractivity contribution in [3.05, 3.63) is 0 Å². The maximum atomic E-state index is 12.9. The summed E-state index contributed by atoms with van der Waals surface area (Å²) in [6.07, 6.45) is 35.0. The van der Waals surface area contributed by atoms with Gasteiger partial charge in [0.2, 0.25) is 0 Å². The Morgan fingerprint density at radius 1 is 0.338 bits per heavy atom. The van der Waals surface area contributed by atoms with Gasteiger partial charge in [0.1, 0.15) is 19.3 Å². The average Bonchev–Trinajstić information content (AvgIpc) is 3.41. The van der Waals surface area contributed by atoms with Crippen LogP contribution in [0.3, 0.4) is 0 Å². The van der Waals surface area contributed by atoms with Gasteiger partial charge in [0.25, 0.3) is 0 Å². The van der Waals surface area contributed by atoms with E-state index < -0.39 is 97.5 Å². The monoisotopic (exact) mass is 1180 g/mol. The quantitative estimate of drug-likeness (QED) is 0.0222. The predicted molar refractivity (Wildman–Crippen MR) is 317 cm³/mol. The molecule has 0 amide bonds. The van der Waals surface area contributed by atoms with Gasteiger partial charge in [-0.3, -0.25) is 37.3 Å². The number of carbonyl (C=O) groups excluding carboxylic acids is 4. The lowest BCUT2D eigenvalue weighted by atomic mass is 10.0. The zero-order valence-electron chi connectivity index (χ0n) is 51.4. The fourth-order valence-electron chi connectivity index (χ4n) is 9.00. The van der Waals surface area contributed by atoms with Crippen molar-refractivity contribution in [1.82, 2.24) is 0 Å². The van der Waals surface area contributed by atoms with Crippen LogP contribution in [0.2, 0.25) is 0 Å². The summed E-state index contributed by atoms with van der Waals surface area (Å²) in [6.45, 7) is 9.36. The van der Waals surface area contributed by atoms with Crippen molar-refractivity contribution in [3.8, 4) is 0 Å². The molecule has 80 heavy (non-hydrogen) atoms. The van der Waals surface area contributed by atoms with E-state index in [9.17, 15) is 43.2 Å². The Morgan fingerprint density at radius 3 is 0.850 bits per heavy atom. The number of carbonyl (C=O) groups is 4. The van der Waals surface area contributed by atoms with E-state index in [0.29, 0.717) is 31.6 Å². The molecular weight excluding hydrogens is 1070 g/mol. The SMILES string of the molecule is CCCCCCCCCCCC(=O)O[C@H](COC(=O)CCCCCCCCC)COP(=O)(O)OC[C@H](O)COP(=O)(O)OC[C@@H](COC(=O)CCCCCCCCCC(C)C)OC(=O)CCCCCCCCCCCCCC(C)C. The van der Waals surface area contributed by atoms with Crippen molar-refractivity contribution < 1.29 is 80.2 Å². The summed E-state index contributed by atoms with van der Waals surface area (Å²) in [6, 6.07) is 0. The zero-order valence-corrected chi connectivity index (χ0v) is 53.2. The summed E-state index contributed by atoms with van der Waals surface area (Å²) in [5, 5.41) is 10.5. The van der Waals surface area contributed by atoms with Crippen LogP contribution >= 0.6 is 15.6 Å². The van der Waals surface area contributed by atoms with Gasteiger partial charge < -0.3 is 33.8 Å². The minimum atomic E-state index is -4.94. The Kier molecular flexibility index (Phi) is 52.5. The first-order chi connectivity index (χ1) is 38.4. The van der Waals surface area contributed by atoms with Crippen LogP contribution in [0.15, 0.2) is 0 Å². The van der Waals surface area contributed by atoms with Gasteiger partial charge >= 0.3 is 39.5 Å². The normalized spacial score (nSPS) is 14.4. The number of unbranched alkanes of at least 4 members (excludes halogenated alkanes) is 30. The molecule has 5 atom stereocenters. The number of ether oxygens (including phenoxy) is 4. The van der Waals surface area contributed by atoms with Crippen molar-refractivity contribution in [1.29, 1.82) is 0 Å². The molecule has 0 fully saturated rings. The zero-order chi connectivity index (χ0) is 59.4. The first-order valence-corrected chi connectivity index (χ1v) is 35.0. The standard InChI is InChI=1S/C61H118O17P2/c1-7-9-11-13-15-19-26-33-39-45-60(65)77-56(49-71-58(63)43-37-31-23-14-12-10-8-2)51-75-79(67,68)73-47-55(62)48-74-80(69,70)76-52-57(50-72-59(64)44-38-32-28-22-25-30-36-42-54(5)6)78-61(66)46-40-34-27-21-18-16-17-20-24-29-35-41-53(3)4/h53-57,62H,7-52H2,1-6H3,(H,67,68)(H,69,70)/t55-,56+,57+/m0/s1. The van der Waals surface area contributed by atoms with Crippen molar-refractivity contribution in [3.63, 3.8) is 0 Å². The number of hydrogen-bond acceptors (Lipinski definition) is 15. The van der Waals surface area contributed by atoms with Crippen LogP contribution in [0.4, 0.5) is 0 Å². The lowest BCUT2D eigenvalue weighted by Gasteiger charge is -2.21. The van der Waals surface area contributed by atoms with Crippen LogP contribution in [0.1, 0.15) is 298 Å².